The van der Waals surface area contributed by atoms with Crippen LogP contribution in [0, 0.1) is 45.3 Å². The van der Waals surface area contributed by atoms with Crippen molar-refractivity contribution >= 4 is 27.9 Å². The number of carbonyl (C=O) groups excluding carboxylic acids is 3. The van der Waals surface area contributed by atoms with Gasteiger partial charge in [0.15, 0.2) is 0 Å². The van der Waals surface area contributed by atoms with Gasteiger partial charge in [0.1, 0.15) is 12.1 Å². The quantitative estimate of drug-likeness (QED) is 0.409. The Morgan fingerprint density at radius 1 is 1.34 bits per heavy atom. The molecule has 6 atom stereocenters. The van der Waals surface area contributed by atoms with E-state index in [9.17, 15) is 28.1 Å². The average molecular weight is 511 g/mol. The first-order valence-corrected chi connectivity index (χ1v) is 13.4. The number of nitrogens with one attached hydrogen (secondary N) is 2. The van der Waals surface area contributed by atoms with E-state index in [2.05, 4.69) is 16.1 Å². The number of rotatable bonds is 8. The molecule has 0 aromatic rings. The summed E-state index contributed by atoms with van der Waals surface area (Å²) in [6, 6.07) is 0.100. The van der Waals surface area contributed by atoms with Crippen molar-refractivity contribution in [3.63, 3.8) is 0 Å². The molecule has 3 fully saturated rings. The van der Waals surface area contributed by atoms with Crippen molar-refractivity contribution in [3.05, 3.63) is 0 Å². The molecule has 0 aromatic carbocycles. The lowest BCUT2D eigenvalue weighted by atomic mass is 9.73. The fourth-order valence-corrected chi connectivity index (χ4v) is 7.40. The number of amides is 3. The van der Waals surface area contributed by atoms with E-state index in [1.807, 2.05) is 13.8 Å². The molecule has 0 radical (unpaired) electrons. The van der Waals surface area contributed by atoms with Crippen LogP contribution in [0.1, 0.15) is 47.5 Å². The van der Waals surface area contributed by atoms with Gasteiger partial charge in [-0.2, -0.15) is 22.7 Å². The SMILES string of the molecule is CN(C)S(=O)(=O)N[C@H](C(=O)N1CC2C(C)(C)C2([C@@H](C#N)C[C@H]2CCNC2=O)C1C(N)=O)C(C)(C)C. The van der Waals surface area contributed by atoms with Gasteiger partial charge in [-0.1, -0.05) is 34.6 Å². The zero-order valence-corrected chi connectivity index (χ0v) is 22.4. The molecular weight excluding hydrogens is 472 g/mol. The summed E-state index contributed by atoms with van der Waals surface area (Å²) in [7, 11) is -1.24. The van der Waals surface area contributed by atoms with Crippen molar-refractivity contribution in [2.75, 3.05) is 27.2 Å². The predicted octanol–water partition coefficient (Wildman–Crippen LogP) is -0.198. The summed E-state index contributed by atoms with van der Waals surface area (Å²) >= 11 is 0. The molecule has 2 heterocycles. The molecule has 2 aliphatic heterocycles. The van der Waals surface area contributed by atoms with Gasteiger partial charge in [-0.3, -0.25) is 14.4 Å². The Balaban J connectivity index is 2.01. The maximum Gasteiger partial charge on any atom is 0.279 e. The molecule has 1 saturated carbocycles. The third-order valence-electron chi connectivity index (χ3n) is 8.45. The van der Waals surface area contributed by atoms with Crippen LogP contribution in [0.4, 0.5) is 0 Å². The van der Waals surface area contributed by atoms with Crippen molar-refractivity contribution in [2.24, 2.45) is 39.7 Å². The molecule has 1 aliphatic carbocycles. The summed E-state index contributed by atoms with van der Waals surface area (Å²) in [4.78, 5) is 40.4. The molecule has 35 heavy (non-hydrogen) atoms. The standard InChI is InChI=1S/C23H38N6O5S/c1-21(2,3)16(27-35(33,34)28(6)7)20(32)29-12-15-22(4,5)23(15,17(29)18(25)30)14(11-24)10-13-8-9-26-19(13)31/h13-17,27H,8-10,12H2,1-7H3,(H2,25,30)(H,26,31)/t13-,14-,15?,16-,17?,23?/m1/s1. The van der Waals surface area contributed by atoms with Crippen LogP contribution in [-0.4, -0.2) is 74.6 Å². The minimum Gasteiger partial charge on any atom is -0.368 e. The zero-order chi connectivity index (χ0) is 26.7. The number of primary amides is 1. The third-order valence-corrected chi connectivity index (χ3v) is 9.95. The van der Waals surface area contributed by atoms with Gasteiger partial charge in [-0.15, -0.1) is 0 Å². The summed E-state index contributed by atoms with van der Waals surface area (Å²) < 4.78 is 28.7. The van der Waals surface area contributed by atoms with Crippen LogP contribution < -0.4 is 15.8 Å². The number of nitriles is 1. The number of hydrogen-bond acceptors (Lipinski definition) is 6. The van der Waals surface area contributed by atoms with E-state index < -0.39 is 56.3 Å². The second-order valence-corrected chi connectivity index (χ2v) is 13.8. The first-order chi connectivity index (χ1) is 15.9. The van der Waals surface area contributed by atoms with E-state index in [1.54, 1.807) is 20.8 Å². The first-order valence-electron chi connectivity index (χ1n) is 11.9. The van der Waals surface area contributed by atoms with Gasteiger partial charge >= 0.3 is 0 Å². The van der Waals surface area contributed by atoms with Gasteiger partial charge in [-0.05, 0) is 29.6 Å². The van der Waals surface area contributed by atoms with E-state index in [1.165, 1.54) is 19.0 Å². The van der Waals surface area contributed by atoms with Crippen molar-refractivity contribution in [1.29, 1.82) is 5.26 Å². The number of fused-ring (bicyclic) bond motifs is 1. The maximum atomic E-state index is 13.9. The zero-order valence-electron chi connectivity index (χ0n) is 21.6. The molecule has 0 spiro atoms. The Kier molecular flexibility index (Phi) is 6.81. The Hall–Kier alpha value is -2.23. The first kappa shape index (κ1) is 27.4. The largest absolute Gasteiger partial charge is 0.368 e. The lowest BCUT2D eigenvalue weighted by Gasteiger charge is -2.40. The van der Waals surface area contributed by atoms with Crippen LogP contribution in [0.2, 0.25) is 0 Å². The highest BCUT2D eigenvalue weighted by molar-refractivity contribution is 7.87. The molecule has 3 rings (SSSR count). The van der Waals surface area contributed by atoms with Gasteiger partial charge in [0.2, 0.25) is 17.7 Å². The fourth-order valence-electron chi connectivity index (χ4n) is 6.44. The molecule has 0 aromatic heterocycles. The lowest BCUT2D eigenvalue weighted by Crippen LogP contribution is -2.61. The smallest absolute Gasteiger partial charge is 0.279 e. The predicted molar refractivity (Wildman–Crippen MR) is 128 cm³/mol. The van der Waals surface area contributed by atoms with Crippen molar-refractivity contribution < 1.29 is 22.8 Å². The monoisotopic (exact) mass is 510 g/mol. The van der Waals surface area contributed by atoms with Gasteiger partial charge in [0.25, 0.3) is 10.2 Å². The Labute approximate surface area is 207 Å². The molecule has 196 valence electrons. The van der Waals surface area contributed by atoms with Gasteiger partial charge in [0, 0.05) is 38.5 Å². The summed E-state index contributed by atoms with van der Waals surface area (Å²) in [5, 5.41) is 13.0. The van der Waals surface area contributed by atoms with Gasteiger partial charge < -0.3 is 16.0 Å². The molecule has 11 nitrogen and oxygen atoms in total. The highest BCUT2D eigenvalue weighted by Gasteiger charge is 2.83. The number of carbonyl (C=O) groups is 3. The second kappa shape index (κ2) is 8.71. The van der Waals surface area contributed by atoms with Crippen LogP contribution in [0.25, 0.3) is 0 Å². The third kappa shape index (κ3) is 4.21. The summed E-state index contributed by atoms with van der Waals surface area (Å²) in [6.45, 7) is 9.87. The number of piperidine rings is 1. The topological polar surface area (TPSA) is 166 Å². The van der Waals surface area contributed by atoms with Gasteiger partial charge in [-0.25, -0.2) is 0 Å². The van der Waals surface area contributed by atoms with Crippen LogP contribution in [-0.2, 0) is 24.6 Å². The van der Waals surface area contributed by atoms with Crippen LogP contribution in [0.3, 0.4) is 0 Å². The second-order valence-electron chi connectivity index (χ2n) is 11.9. The number of nitrogens with zero attached hydrogens (tertiary/aromatic N) is 3. The molecule has 3 unspecified atom stereocenters. The molecule has 3 aliphatic rings. The Morgan fingerprint density at radius 2 is 1.94 bits per heavy atom. The van der Waals surface area contributed by atoms with E-state index in [4.69, 9.17) is 5.73 Å². The number of likely N-dealkylation sites (tertiary alicyclic amines) is 1. The highest BCUT2D eigenvalue weighted by Crippen LogP contribution is 2.78. The lowest BCUT2D eigenvalue weighted by molar-refractivity contribution is -0.144. The van der Waals surface area contributed by atoms with Crippen LogP contribution in [0.15, 0.2) is 0 Å². The normalized spacial score (nSPS) is 31.5. The highest BCUT2D eigenvalue weighted by atomic mass is 32.2. The van der Waals surface area contributed by atoms with E-state index in [-0.39, 0.29) is 30.7 Å². The summed E-state index contributed by atoms with van der Waals surface area (Å²) in [6.07, 6.45) is 0.893. The van der Waals surface area contributed by atoms with Crippen molar-refractivity contribution in [2.45, 2.75) is 59.5 Å². The molecule has 4 N–H and O–H groups in total. The van der Waals surface area contributed by atoms with Crippen LogP contribution in [0.5, 0.6) is 0 Å². The van der Waals surface area contributed by atoms with Crippen molar-refractivity contribution in [3.8, 4) is 6.07 Å². The molecule has 2 saturated heterocycles. The number of hydrogen-bond donors (Lipinski definition) is 3. The molecule has 12 heteroatoms. The summed E-state index contributed by atoms with van der Waals surface area (Å²) in [5.41, 5.74) is 3.72. The minimum absolute atomic E-state index is 0.107. The minimum atomic E-state index is -3.95. The Bertz CT molecular complexity index is 1060. The molecule has 3 amide bonds. The Morgan fingerprint density at radius 3 is 2.37 bits per heavy atom. The average Bonchev–Trinajstić information content (AvgIpc) is 3.09. The molecule has 0 bridgehead atoms. The van der Waals surface area contributed by atoms with E-state index in [0.29, 0.717) is 13.0 Å². The fraction of sp³-hybridized carbons (Fsp3) is 0.826. The van der Waals surface area contributed by atoms with Crippen molar-refractivity contribution in [1.82, 2.24) is 19.2 Å². The molecular formula is C23H38N6O5S. The van der Waals surface area contributed by atoms with E-state index >= 15 is 0 Å². The van der Waals surface area contributed by atoms with Crippen LogP contribution >= 0.6 is 0 Å². The van der Waals surface area contributed by atoms with Gasteiger partial charge in [0.05, 0.1) is 12.0 Å². The maximum absolute atomic E-state index is 13.9. The number of nitrogens with two attached hydrogens (primary N) is 1. The summed E-state index contributed by atoms with van der Waals surface area (Å²) in [5.74, 6) is -2.58. The van der Waals surface area contributed by atoms with E-state index in [0.717, 1.165) is 4.31 Å².